The highest BCUT2D eigenvalue weighted by Crippen LogP contribution is 2.29. The molecule has 3 aromatic rings. The van der Waals surface area contributed by atoms with Gasteiger partial charge in [-0.05, 0) is 19.1 Å². The van der Waals surface area contributed by atoms with E-state index in [1.165, 1.54) is 0 Å². The zero-order valence-electron chi connectivity index (χ0n) is 14.5. The van der Waals surface area contributed by atoms with Gasteiger partial charge in [-0.3, -0.25) is 4.79 Å². The molecule has 26 heavy (non-hydrogen) atoms. The van der Waals surface area contributed by atoms with Crippen LogP contribution in [-0.2, 0) is 0 Å². The average Bonchev–Trinajstić information content (AvgIpc) is 2.69. The van der Waals surface area contributed by atoms with Crippen molar-refractivity contribution >= 4 is 34.1 Å². The minimum absolute atomic E-state index is 0.0739. The predicted octanol–water partition coefficient (Wildman–Crippen LogP) is 3.63. The van der Waals surface area contributed by atoms with Gasteiger partial charge in [0.1, 0.15) is 0 Å². The number of nitrogens with zero attached hydrogens (tertiary/aromatic N) is 4. The molecule has 1 saturated heterocycles. The van der Waals surface area contributed by atoms with E-state index in [1.807, 2.05) is 59.5 Å². The third-order valence-corrected chi connectivity index (χ3v) is 5.11. The molecule has 1 amide bonds. The summed E-state index contributed by atoms with van der Waals surface area (Å²) in [4.78, 5) is 16.9. The lowest BCUT2D eigenvalue weighted by molar-refractivity contribution is 0.0674. The highest BCUT2D eigenvalue weighted by molar-refractivity contribution is 6.34. The molecule has 2 aromatic carbocycles. The van der Waals surface area contributed by atoms with E-state index in [4.69, 9.17) is 11.6 Å². The van der Waals surface area contributed by atoms with Crippen molar-refractivity contribution in [2.45, 2.75) is 13.0 Å². The Bertz CT molecular complexity index is 947. The van der Waals surface area contributed by atoms with Gasteiger partial charge in [0.05, 0.1) is 0 Å². The molecule has 1 aliphatic rings. The van der Waals surface area contributed by atoms with Gasteiger partial charge in [-0.15, -0.1) is 10.2 Å². The Morgan fingerprint density at radius 3 is 2.42 bits per heavy atom. The highest BCUT2D eigenvalue weighted by atomic mass is 35.5. The van der Waals surface area contributed by atoms with Crippen LogP contribution in [0.15, 0.2) is 54.6 Å². The minimum Gasteiger partial charge on any atom is -0.351 e. The van der Waals surface area contributed by atoms with E-state index in [9.17, 15) is 4.79 Å². The first-order valence-corrected chi connectivity index (χ1v) is 9.05. The molecule has 1 atom stereocenters. The molecule has 0 aliphatic carbocycles. The largest absolute Gasteiger partial charge is 0.351 e. The number of hydrogen-bond donors (Lipinski definition) is 0. The molecule has 1 unspecified atom stereocenters. The van der Waals surface area contributed by atoms with Crippen molar-refractivity contribution < 1.29 is 4.79 Å². The van der Waals surface area contributed by atoms with Crippen molar-refractivity contribution in [3.63, 3.8) is 0 Å². The maximum absolute atomic E-state index is 12.8. The molecule has 5 nitrogen and oxygen atoms in total. The van der Waals surface area contributed by atoms with Crippen LogP contribution in [0.1, 0.15) is 17.3 Å². The lowest BCUT2D eigenvalue weighted by atomic mass is 10.1. The SMILES string of the molecule is CC1CN(c2nnc(Cl)c3ccccc23)CCN1C(=O)c1ccccc1. The van der Waals surface area contributed by atoms with Crippen LogP contribution >= 0.6 is 11.6 Å². The van der Waals surface area contributed by atoms with Crippen molar-refractivity contribution in [2.75, 3.05) is 24.5 Å². The number of fused-ring (bicyclic) bond motifs is 1. The van der Waals surface area contributed by atoms with Crippen molar-refractivity contribution in [3.8, 4) is 0 Å². The molecule has 0 saturated carbocycles. The first-order valence-electron chi connectivity index (χ1n) is 8.67. The fourth-order valence-corrected chi connectivity index (χ4v) is 3.69. The molecule has 4 rings (SSSR count). The van der Waals surface area contributed by atoms with Crippen molar-refractivity contribution in [1.29, 1.82) is 0 Å². The number of halogens is 1. The highest BCUT2D eigenvalue weighted by Gasteiger charge is 2.29. The van der Waals surface area contributed by atoms with Gasteiger partial charge in [0, 0.05) is 42.0 Å². The Morgan fingerprint density at radius 2 is 1.69 bits per heavy atom. The minimum atomic E-state index is 0.0739. The zero-order valence-corrected chi connectivity index (χ0v) is 15.2. The Balaban J connectivity index is 1.58. The average molecular weight is 367 g/mol. The van der Waals surface area contributed by atoms with Crippen molar-refractivity contribution in [2.24, 2.45) is 0 Å². The van der Waals surface area contributed by atoms with Crippen molar-refractivity contribution in [1.82, 2.24) is 15.1 Å². The number of amides is 1. The Kier molecular flexibility index (Phi) is 4.47. The number of benzene rings is 2. The van der Waals surface area contributed by atoms with Gasteiger partial charge >= 0.3 is 0 Å². The molecular weight excluding hydrogens is 348 g/mol. The second kappa shape index (κ2) is 6.92. The number of carbonyl (C=O) groups excluding carboxylic acids is 1. The van der Waals surface area contributed by atoms with Gasteiger partial charge < -0.3 is 9.80 Å². The summed E-state index contributed by atoms with van der Waals surface area (Å²) in [7, 11) is 0. The molecule has 0 radical (unpaired) electrons. The predicted molar refractivity (Wildman–Crippen MR) is 104 cm³/mol. The summed E-state index contributed by atoms with van der Waals surface area (Å²) in [5.74, 6) is 0.897. The molecule has 0 bridgehead atoms. The molecule has 6 heteroatoms. The van der Waals surface area contributed by atoms with E-state index in [-0.39, 0.29) is 11.9 Å². The van der Waals surface area contributed by atoms with Gasteiger partial charge in [-0.1, -0.05) is 54.1 Å². The van der Waals surface area contributed by atoms with Gasteiger partial charge in [-0.25, -0.2) is 0 Å². The van der Waals surface area contributed by atoms with Crippen LogP contribution in [0.3, 0.4) is 0 Å². The Hall–Kier alpha value is -2.66. The third kappa shape index (κ3) is 2.99. The standard InChI is InChI=1S/C20H19ClN4O/c1-14-13-24(11-12-25(14)20(26)15-7-3-2-4-8-15)19-17-10-6-5-9-16(17)18(21)22-23-19/h2-10,14H,11-13H2,1H3. The summed E-state index contributed by atoms with van der Waals surface area (Å²) in [6.07, 6.45) is 0. The summed E-state index contributed by atoms with van der Waals surface area (Å²) in [6.45, 7) is 4.13. The van der Waals surface area contributed by atoms with E-state index in [0.717, 1.165) is 22.2 Å². The zero-order chi connectivity index (χ0) is 18.1. The Labute approximate surface area is 157 Å². The van der Waals surface area contributed by atoms with E-state index >= 15 is 0 Å². The van der Waals surface area contributed by atoms with Crippen LogP contribution in [-0.4, -0.2) is 46.7 Å². The first-order chi connectivity index (χ1) is 12.6. The van der Waals surface area contributed by atoms with E-state index in [1.54, 1.807) is 0 Å². The fraction of sp³-hybridized carbons (Fsp3) is 0.250. The summed E-state index contributed by atoms with van der Waals surface area (Å²) < 4.78 is 0. The molecule has 132 valence electrons. The van der Waals surface area contributed by atoms with E-state index in [2.05, 4.69) is 22.0 Å². The van der Waals surface area contributed by atoms with Crippen LogP contribution in [0.4, 0.5) is 5.82 Å². The van der Waals surface area contributed by atoms with E-state index < -0.39 is 0 Å². The second-order valence-electron chi connectivity index (χ2n) is 6.52. The number of aromatic nitrogens is 2. The summed E-state index contributed by atoms with van der Waals surface area (Å²) in [6, 6.07) is 17.4. The number of anilines is 1. The maximum Gasteiger partial charge on any atom is 0.254 e. The molecule has 1 aliphatic heterocycles. The number of piperazine rings is 1. The van der Waals surface area contributed by atoms with Crippen molar-refractivity contribution in [3.05, 3.63) is 65.3 Å². The third-order valence-electron chi connectivity index (χ3n) is 4.83. The first kappa shape index (κ1) is 16.8. The molecule has 0 N–H and O–H groups in total. The molecule has 0 spiro atoms. The summed E-state index contributed by atoms with van der Waals surface area (Å²) in [5, 5.41) is 10.7. The fourth-order valence-electron chi connectivity index (χ4n) is 3.49. The maximum atomic E-state index is 12.8. The normalized spacial score (nSPS) is 17.5. The lowest BCUT2D eigenvalue weighted by Crippen LogP contribution is -2.54. The summed E-state index contributed by atoms with van der Waals surface area (Å²) >= 11 is 6.18. The smallest absolute Gasteiger partial charge is 0.254 e. The van der Waals surface area contributed by atoms with Crippen LogP contribution in [0.5, 0.6) is 0 Å². The molecule has 1 fully saturated rings. The van der Waals surface area contributed by atoms with Crippen LogP contribution in [0.25, 0.3) is 10.8 Å². The van der Waals surface area contributed by atoms with Gasteiger partial charge in [-0.2, -0.15) is 0 Å². The number of rotatable bonds is 2. The molecular formula is C20H19ClN4O. The number of carbonyl (C=O) groups is 1. The quantitative estimate of drug-likeness (QED) is 0.694. The Morgan fingerprint density at radius 1 is 1.00 bits per heavy atom. The van der Waals surface area contributed by atoms with Gasteiger partial charge in [0.15, 0.2) is 11.0 Å². The topological polar surface area (TPSA) is 49.3 Å². The summed E-state index contributed by atoms with van der Waals surface area (Å²) in [5.41, 5.74) is 0.726. The van der Waals surface area contributed by atoms with Gasteiger partial charge in [0.25, 0.3) is 5.91 Å². The monoisotopic (exact) mass is 366 g/mol. The van der Waals surface area contributed by atoms with Crippen LogP contribution < -0.4 is 4.90 Å². The van der Waals surface area contributed by atoms with Gasteiger partial charge in [0.2, 0.25) is 0 Å². The molecule has 1 aromatic heterocycles. The second-order valence-corrected chi connectivity index (χ2v) is 6.88. The molecule has 2 heterocycles. The van der Waals surface area contributed by atoms with E-state index in [0.29, 0.717) is 24.8 Å². The van der Waals surface area contributed by atoms with Crippen LogP contribution in [0, 0.1) is 0 Å². The lowest BCUT2D eigenvalue weighted by Gasteiger charge is -2.40. The number of hydrogen-bond acceptors (Lipinski definition) is 4. The van der Waals surface area contributed by atoms with Crippen LogP contribution in [0.2, 0.25) is 5.15 Å².